The van der Waals surface area contributed by atoms with Gasteiger partial charge in [0.2, 0.25) is 10.0 Å². The van der Waals surface area contributed by atoms with Crippen molar-refractivity contribution in [2.75, 3.05) is 13.1 Å². The summed E-state index contributed by atoms with van der Waals surface area (Å²) < 4.78 is 40.2. The first-order valence-corrected chi connectivity index (χ1v) is 8.61. The van der Waals surface area contributed by atoms with Gasteiger partial charge in [-0.2, -0.15) is 0 Å². The van der Waals surface area contributed by atoms with Crippen molar-refractivity contribution in [1.82, 2.24) is 10.0 Å². The van der Waals surface area contributed by atoms with Crippen molar-refractivity contribution >= 4 is 10.0 Å². The van der Waals surface area contributed by atoms with Gasteiger partial charge < -0.3 is 5.32 Å². The molecule has 2 N–H and O–H groups in total. The Kier molecular flexibility index (Phi) is 4.24. The maximum atomic E-state index is 13.2. The summed E-state index contributed by atoms with van der Waals surface area (Å²) in [5, 5.41) is 3.31. The van der Waals surface area contributed by atoms with Crippen molar-refractivity contribution in [2.45, 2.75) is 17.4 Å². The molecule has 0 aromatic heterocycles. The second kappa shape index (κ2) is 6.16. The predicted molar refractivity (Wildman–Crippen MR) is 82.5 cm³/mol. The van der Waals surface area contributed by atoms with Crippen molar-refractivity contribution in [2.24, 2.45) is 0 Å². The predicted octanol–water partition coefficient (Wildman–Crippen LogP) is 1.99. The lowest BCUT2D eigenvalue weighted by atomic mass is 9.95. The van der Waals surface area contributed by atoms with Gasteiger partial charge in [0.1, 0.15) is 5.82 Å². The Morgan fingerprint density at radius 2 is 2.00 bits per heavy atom. The number of halogens is 1. The van der Waals surface area contributed by atoms with Gasteiger partial charge in [0, 0.05) is 12.6 Å². The van der Waals surface area contributed by atoms with E-state index in [4.69, 9.17) is 0 Å². The van der Waals surface area contributed by atoms with Gasteiger partial charge >= 0.3 is 0 Å². The minimum absolute atomic E-state index is 0.0587. The monoisotopic (exact) mass is 320 g/mol. The Morgan fingerprint density at radius 1 is 1.18 bits per heavy atom. The first kappa shape index (κ1) is 15.1. The van der Waals surface area contributed by atoms with Crippen molar-refractivity contribution in [3.63, 3.8) is 0 Å². The minimum Gasteiger partial charge on any atom is -0.308 e. The van der Waals surface area contributed by atoms with Crippen molar-refractivity contribution in [1.29, 1.82) is 0 Å². The van der Waals surface area contributed by atoms with Crippen LogP contribution in [0, 0.1) is 5.82 Å². The van der Waals surface area contributed by atoms with E-state index in [0.29, 0.717) is 0 Å². The molecule has 1 unspecified atom stereocenters. The highest BCUT2D eigenvalue weighted by Crippen LogP contribution is 2.22. The van der Waals surface area contributed by atoms with E-state index in [-0.39, 0.29) is 17.5 Å². The van der Waals surface area contributed by atoms with E-state index in [2.05, 4.69) is 16.1 Å². The van der Waals surface area contributed by atoms with Gasteiger partial charge in [0.05, 0.1) is 4.90 Å². The maximum Gasteiger partial charge on any atom is 0.240 e. The number of hydrogen-bond acceptors (Lipinski definition) is 3. The van der Waals surface area contributed by atoms with Crippen LogP contribution in [-0.2, 0) is 16.4 Å². The number of nitrogens with one attached hydrogen (secondary N) is 2. The first-order chi connectivity index (χ1) is 10.6. The second-order valence-corrected chi connectivity index (χ2v) is 7.03. The first-order valence-electron chi connectivity index (χ1n) is 7.13. The number of fused-ring (bicyclic) bond motifs is 1. The lowest BCUT2D eigenvalue weighted by Crippen LogP contribution is -2.38. The fourth-order valence-electron chi connectivity index (χ4n) is 2.69. The molecular weight excluding hydrogens is 303 g/mol. The number of rotatable bonds is 4. The Morgan fingerprint density at radius 3 is 2.82 bits per heavy atom. The van der Waals surface area contributed by atoms with Crippen LogP contribution in [0.2, 0.25) is 0 Å². The molecule has 1 aliphatic heterocycles. The highest BCUT2D eigenvalue weighted by Gasteiger charge is 2.22. The van der Waals surface area contributed by atoms with Crippen LogP contribution in [0.1, 0.15) is 17.2 Å². The summed E-state index contributed by atoms with van der Waals surface area (Å²) in [5.74, 6) is -0.566. The molecule has 22 heavy (non-hydrogen) atoms. The summed E-state index contributed by atoms with van der Waals surface area (Å²) in [5.41, 5.74) is 2.34. The number of benzene rings is 2. The lowest BCUT2D eigenvalue weighted by Gasteiger charge is -2.27. The molecule has 1 aliphatic rings. The average Bonchev–Trinajstić information content (AvgIpc) is 2.53. The molecule has 0 aliphatic carbocycles. The maximum absolute atomic E-state index is 13.2. The zero-order valence-corrected chi connectivity index (χ0v) is 12.7. The van der Waals surface area contributed by atoms with Crippen LogP contribution in [-0.4, -0.2) is 21.5 Å². The summed E-state index contributed by atoms with van der Waals surface area (Å²) in [6.07, 6.45) is 0.934. The molecule has 3 rings (SSSR count). The molecule has 0 saturated heterocycles. The molecule has 116 valence electrons. The third-order valence-corrected chi connectivity index (χ3v) is 5.22. The van der Waals surface area contributed by atoms with Crippen LogP contribution < -0.4 is 10.0 Å². The molecule has 0 amide bonds. The molecule has 0 bridgehead atoms. The summed E-state index contributed by atoms with van der Waals surface area (Å²) in [4.78, 5) is -0.0587. The molecule has 6 heteroatoms. The van der Waals surface area contributed by atoms with Gasteiger partial charge in [-0.25, -0.2) is 17.5 Å². The van der Waals surface area contributed by atoms with Gasteiger partial charge in [-0.15, -0.1) is 0 Å². The zero-order chi connectivity index (χ0) is 15.6. The molecule has 0 radical (unpaired) electrons. The summed E-state index contributed by atoms with van der Waals surface area (Å²) in [7, 11) is -3.71. The SMILES string of the molecule is O=S(=O)(NCC1NCCc2ccccc21)c1cccc(F)c1. The number of sulfonamides is 1. The Balaban J connectivity index is 1.76. The van der Waals surface area contributed by atoms with E-state index in [1.165, 1.54) is 23.8 Å². The van der Waals surface area contributed by atoms with Crippen LogP contribution in [0.4, 0.5) is 4.39 Å². The minimum atomic E-state index is -3.71. The van der Waals surface area contributed by atoms with Gasteiger partial charge in [0.25, 0.3) is 0 Å². The zero-order valence-electron chi connectivity index (χ0n) is 11.9. The quantitative estimate of drug-likeness (QED) is 0.906. The Bertz CT molecular complexity index is 777. The molecule has 0 fully saturated rings. The van der Waals surface area contributed by atoms with E-state index in [1.54, 1.807) is 0 Å². The standard InChI is InChI=1S/C16H17FN2O2S/c17-13-5-3-6-14(10-13)22(20,21)19-11-16-15-7-2-1-4-12(15)8-9-18-16/h1-7,10,16,18-19H,8-9,11H2. The Labute approximate surface area is 129 Å². The van der Waals surface area contributed by atoms with Gasteiger partial charge in [-0.3, -0.25) is 0 Å². The highest BCUT2D eigenvalue weighted by atomic mass is 32.2. The van der Waals surface area contributed by atoms with Gasteiger partial charge in [-0.05, 0) is 42.3 Å². The van der Waals surface area contributed by atoms with Gasteiger partial charge in [0.15, 0.2) is 0 Å². The smallest absolute Gasteiger partial charge is 0.240 e. The molecule has 1 atom stereocenters. The second-order valence-electron chi connectivity index (χ2n) is 5.26. The van der Waals surface area contributed by atoms with Crippen molar-refractivity contribution in [3.8, 4) is 0 Å². The Hall–Kier alpha value is -1.76. The van der Waals surface area contributed by atoms with E-state index >= 15 is 0 Å². The summed E-state index contributed by atoms with van der Waals surface area (Å²) in [6.45, 7) is 1.04. The number of hydrogen-bond donors (Lipinski definition) is 2. The average molecular weight is 320 g/mol. The molecule has 4 nitrogen and oxygen atoms in total. The van der Waals surface area contributed by atoms with E-state index in [1.807, 2.05) is 18.2 Å². The fourth-order valence-corrected chi connectivity index (χ4v) is 3.76. The molecule has 1 heterocycles. The lowest BCUT2D eigenvalue weighted by molar-refractivity contribution is 0.491. The highest BCUT2D eigenvalue weighted by molar-refractivity contribution is 7.89. The third kappa shape index (κ3) is 3.19. The van der Waals surface area contributed by atoms with Gasteiger partial charge in [-0.1, -0.05) is 30.3 Å². The molecular formula is C16H17FN2O2S. The molecule has 2 aromatic rings. The largest absolute Gasteiger partial charge is 0.308 e. The van der Waals surface area contributed by atoms with E-state index < -0.39 is 15.8 Å². The summed E-state index contributed by atoms with van der Waals surface area (Å²) in [6, 6.07) is 12.9. The molecule has 0 spiro atoms. The summed E-state index contributed by atoms with van der Waals surface area (Å²) >= 11 is 0. The fraction of sp³-hybridized carbons (Fsp3) is 0.250. The van der Waals surface area contributed by atoms with Crippen LogP contribution in [0.3, 0.4) is 0 Å². The van der Waals surface area contributed by atoms with E-state index in [9.17, 15) is 12.8 Å². The van der Waals surface area contributed by atoms with E-state index in [0.717, 1.165) is 24.6 Å². The van der Waals surface area contributed by atoms with Crippen LogP contribution in [0.25, 0.3) is 0 Å². The topological polar surface area (TPSA) is 58.2 Å². The molecule has 0 saturated carbocycles. The third-order valence-electron chi connectivity index (χ3n) is 3.80. The molecule has 2 aromatic carbocycles. The van der Waals surface area contributed by atoms with Crippen molar-refractivity contribution < 1.29 is 12.8 Å². The normalized spacial score (nSPS) is 18.0. The van der Waals surface area contributed by atoms with Crippen molar-refractivity contribution in [3.05, 3.63) is 65.5 Å². The van der Waals surface area contributed by atoms with Crippen LogP contribution in [0.5, 0.6) is 0 Å². The van der Waals surface area contributed by atoms with Crippen LogP contribution in [0.15, 0.2) is 53.4 Å². The van der Waals surface area contributed by atoms with Crippen LogP contribution >= 0.6 is 0 Å².